The van der Waals surface area contributed by atoms with Crippen molar-refractivity contribution in [1.29, 1.82) is 0 Å². The van der Waals surface area contributed by atoms with Crippen molar-refractivity contribution in [3.63, 3.8) is 0 Å². The Balaban J connectivity index is 1.82. The Hall–Kier alpha value is -2.46. The molecule has 0 bridgehead atoms. The van der Waals surface area contributed by atoms with E-state index in [9.17, 15) is 4.39 Å². The Morgan fingerprint density at radius 1 is 1.00 bits per heavy atom. The molecule has 0 aliphatic rings. The predicted octanol–water partition coefficient (Wildman–Crippen LogP) is 4.68. The van der Waals surface area contributed by atoms with Crippen LogP contribution in [0.15, 0.2) is 61.1 Å². The maximum absolute atomic E-state index is 13.2. The van der Waals surface area contributed by atoms with E-state index >= 15 is 0 Å². The zero-order chi connectivity index (χ0) is 14.7. The van der Waals surface area contributed by atoms with Gasteiger partial charge in [0, 0.05) is 18.0 Å². The highest BCUT2D eigenvalue weighted by Crippen LogP contribution is 2.25. The van der Waals surface area contributed by atoms with Gasteiger partial charge in [-0.25, -0.2) is 9.37 Å². The Morgan fingerprint density at radius 2 is 1.86 bits per heavy atom. The SMILES string of the molecule is Fc1ccc(-c2ccc(Nc3cccnc3)nc2)cc1Cl. The Labute approximate surface area is 126 Å². The van der Waals surface area contributed by atoms with Crippen molar-refractivity contribution in [2.24, 2.45) is 0 Å². The third-order valence-corrected chi connectivity index (χ3v) is 3.24. The van der Waals surface area contributed by atoms with E-state index in [1.165, 1.54) is 6.07 Å². The van der Waals surface area contributed by atoms with Crippen LogP contribution in [0.5, 0.6) is 0 Å². The van der Waals surface area contributed by atoms with Gasteiger partial charge in [-0.1, -0.05) is 17.7 Å². The maximum atomic E-state index is 13.2. The molecule has 1 aromatic carbocycles. The molecule has 3 aromatic rings. The van der Waals surface area contributed by atoms with E-state index in [0.29, 0.717) is 5.82 Å². The number of halogens is 2. The molecule has 0 saturated heterocycles. The van der Waals surface area contributed by atoms with Gasteiger partial charge < -0.3 is 5.32 Å². The minimum Gasteiger partial charge on any atom is -0.339 e. The lowest BCUT2D eigenvalue weighted by molar-refractivity contribution is 0.628. The highest BCUT2D eigenvalue weighted by atomic mass is 35.5. The smallest absolute Gasteiger partial charge is 0.141 e. The van der Waals surface area contributed by atoms with Crippen LogP contribution in [0.2, 0.25) is 5.02 Å². The molecular weight excluding hydrogens is 289 g/mol. The van der Waals surface area contributed by atoms with Gasteiger partial charge in [0.25, 0.3) is 0 Å². The number of nitrogens with zero attached hydrogens (tertiary/aromatic N) is 2. The quantitative estimate of drug-likeness (QED) is 0.763. The van der Waals surface area contributed by atoms with Crippen LogP contribution in [0.3, 0.4) is 0 Å². The fourth-order valence-corrected chi connectivity index (χ4v) is 2.08. The van der Waals surface area contributed by atoms with Crippen molar-refractivity contribution in [1.82, 2.24) is 9.97 Å². The molecule has 0 aliphatic carbocycles. The van der Waals surface area contributed by atoms with Gasteiger partial charge in [0.05, 0.1) is 16.9 Å². The third-order valence-electron chi connectivity index (χ3n) is 2.95. The molecule has 0 aliphatic heterocycles. The van der Waals surface area contributed by atoms with Crippen LogP contribution in [0, 0.1) is 5.82 Å². The van der Waals surface area contributed by atoms with Crippen molar-refractivity contribution in [3.05, 3.63) is 71.9 Å². The van der Waals surface area contributed by atoms with Gasteiger partial charge in [0.15, 0.2) is 0 Å². The molecular formula is C16H11ClFN3. The first-order chi connectivity index (χ1) is 10.2. The fraction of sp³-hybridized carbons (Fsp3) is 0. The molecule has 0 amide bonds. The van der Waals surface area contributed by atoms with Gasteiger partial charge >= 0.3 is 0 Å². The molecule has 0 radical (unpaired) electrons. The highest BCUT2D eigenvalue weighted by molar-refractivity contribution is 6.31. The normalized spacial score (nSPS) is 10.4. The molecule has 0 fully saturated rings. The first-order valence-electron chi connectivity index (χ1n) is 6.31. The van der Waals surface area contributed by atoms with E-state index in [4.69, 9.17) is 11.6 Å². The van der Waals surface area contributed by atoms with Gasteiger partial charge in [0.1, 0.15) is 11.6 Å². The summed E-state index contributed by atoms with van der Waals surface area (Å²) in [5, 5.41) is 3.25. The molecule has 0 atom stereocenters. The second-order valence-corrected chi connectivity index (χ2v) is 4.83. The van der Waals surface area contributed by atoms with Crippen LogP contribution in [0.25, 0.3) is 11.1 Å². The molecule has 1 N–H and O–H groups in total. The van der Waals surface area contributed by atoms with E-state index in [0.717, 1.165) is 16.8 Å². The zero-order valence-electron chi connectivity index (χ0n) is 10.9. The summed E-state index contributed by atoms with van der Waals surface area (Å²) in [4.78, 5) is 8.35. The van der Waals surface area contributed by atoms with Crippen LogP contribution in [-0.2, 0) is 0 Å². The van der Waals surface area contributed by atoms with Crippen molar-refractivity contribution >= 4 is 23.1 Å². The van der Waals surface area contributed by atoms with E-state index in [2.05, 4.69) is 15.3 Å². The molecule has 0 unspecified atom stereocenters. The number of hydrogen-bond acceptors (Lipinski definition) is 3. The lowest BCUT2D eigenvalue weighted by Crippen LogP contribution is -1.93. The summed E-state index contributed by atoms with van der Waals surface area (Å²) < 4.78 is 13.2. The summed E-state index contributed by atoms with van der Waals surface area (Å²) in [6.07, 6.45) is 5.14. The number of pyridine rings is 2. The summed E-state index contributed by atoms with van der Waals surface area (Å²) in [6, 6.07) is 12.1. The number of anilines is 2. The molecule has 3 nitrogen and oxygen atoms in total. The topological polar surface area (TPSA) is 37.8 Å². The first-order valence-corrected chi connectivity index (χ1v) is 6.69. The van der Waals surface area contributed by atoms with Crippen molar-refractivity contribution in [3.8, 4) is 11.1 Å². The number of hydrogen-bond donors (Lipinski definition) is 1. The van der Waals surface area contributed by atoms with Crippen LogP contribution in [0.1, 0.15) is 0 Å². The maximum Gasteiger partial charge on any atom is 0.141 e. The van der Waals surface area contributed by atoms with Gasteiger partial charge in [-0.15, -0.1) is 0 Å². The molecule has 2 heterocycles. The lowest BCUT2D eigenvalue weighted by atomic mass is 10.1. The average molecular weight is 300 g/mol. The molecule has 0 spiro atoms. The minimum absolute atomic E-state index is 0.102. The average Bonchev–Trinajstić information content (AvgIpc) is 2.52. The van der Waals surface area contributed by atoms with Gasteiger partial charge in [0.2, 0.25) is 0 Å². The molecule has 5 heteroatoms. The van der Waals surface area contributed by atoms with E-state index in [1.54, 1.807) is 30.7 Å². The minimum atomic E-state index is -0.428. The van der Waals surface area contributed by atoms with Crippen LogP contribution in [0.4, 0.5) is 15.9 Å². The molecule has 21 heavy (non-hydrogen) atoms. The summed E-state index contributed by atoms with van der Waals surface area (Å²) >= 11 is 5.79. The van der Waals surface area contributed by atoms with Gasteiger partial charge in [-0.2, -0.15) is 0 Å². The molecule has 0 saturated carbocycles. The van der Waals surface area contributed by atoms with E-state index in [-0.39, 0.29) is 5.02 Å². The van der Waals surface area contributed by atoms with E-state index < -0.39 is 5.82 Å². The summed E-state index contributed by atoms with van der Waals surface area (Å²) in [5.74, 6) is 0.281. The summed E-state index contributed by atoms with van der Waals surface area (Å²) in [5.41, 5.74) is 2.55. The summed E-state index contributed by atoms with van der Waals surface area (Å²) in [7, 11) is 0. The van der Waals surface area contributed by atoms with Crippen LogP contribution >= 0.6 is 11.6 Å². The third kappa shape index (κ3) is 3.17. The zero-order valence-corrected chi connectivity index (χ0v) is 11.7. The number of nitrogens with one attached hydrogen (secondary N) is 1. The van der Waals surface area contributed by atoms with Gasteiger partial charge in [-0.3, -0.25) is 4.98 Å². The van der Waals surface area contributed by atoms with Crippen LogP contribution in [-0.4, -0.2) is 9.97 Å². The first kappa shape index (κ1) is 13.5. The molecule has 2 aromatic heterocycles. The monoisotopic (exact) mass is 299 g/mol. The Bertz CT molecular complexity index is 745. The van der Waals surface area contributed by atoms with Crippen molar-refractivity contribution < 1.29 is 4.39 Å². The molecule has 3 rings (SSSR count). The largest absolute Gasteiger partial charge is 0.339 e. The number of benzene rings is 1. The second kappa shape index (κ2) is 5.89. The number of rotatable bonds is 3. The Kier molecular flexibility index (Phi) is 3.79. The predicted molar refractivity (Wildman–Crippen MR) is 82.2 cm³/mol. The highest BCUT2D eigenvalue weighted by Gasteiger charge is 2.04. The van der Waals surface area contributed by atoms with Crippen LogP contribution < -0.4 is 5.32 Å². The summed E-state index contributed by atoms with van der Waals surface area (Å²) in [6.45, 7) is 0. The second-order valence-electron chi connectivity index (χ2n) is 4.43. The van der Waals surface area contributed by atoms with E-state index in [1.807, 2.05) is 24.3 Å². The van der Waals surface area contributed by atoms with Crippen molar-refractivity contribution in [2.45, 2.75) is 0 Å². The van der Waals surface area contributed by atoms with Crippen molar-refractivity contribution in [2.75, 3.05) is 5.32 Å². The fourth-order valence-electron chi connectivity index (χ4n) is 1.90. The molecule has 104 valence electrons. The lowest BCUT2D eigenvalue weighted by Gasteiger charge is -2.07. The Morgan fingerprint density at radius 3 is 2.52 bits per heavy atom. The standard InChI is InChI=1S/C16H11ClFN3/c17-14-8-11(3-5-15(14)18)12-4-6-16(20-9-12)21-13-2-1-7-19-10-13/h1-10H,(H,20,21). The number of aromatic nitrogens is 2. The van der Waals surface area contributed by atoms with Gasteiger partial charge in [-0.05, 0) is 42.0 Å².